The predicted octanol–water partition coefficient (Wildman–Crippen LogP) is 6.70. The second-order valence-electron chi connectivity index (χ2n) is 8.58. The molecule has 0 saturated heterocycles. The van der Waals surface area contributed by atoms with E-state index >= 15 is 0 Å². The molecule has 0 spiro atoms. The maximum absolute atomic E-state index is 10.2. The van der Waals surface area contributed by atoms with Crippen molar-refractivity contribution in [2.45, 2.75) is 40.5 Å². The van der Waals surface area contributed by atoms with Gasteiger partial charge in [0.25, 0.3) is 0 Å². The van der Waals surface area contributed by atoms with E-state index in [2.05, 4.69) is 78.3 Å². The van der Waals surface area contributed by atoms with Gasteiger partial charge in [-0.1, -0.05) is 42.5 Å². The second kappa shape index (κ2) is 9.95. The van der Waals surface area contributed by atoms with Gasteiger partial charge in [-0.3, -0.25) is 0 Å². The quantitative estimate of drug-likeness (QED) is 0.321. The molecule has 0 radical (unpaired) electrons. The van der Waals surface area contributed by atoms with E-state index < -0.39 is 0 Å². The number of aromatic hydroxyl groups is 1. The van der Waals surface area contributed by atoms with Crippen molar-refractivity contribution in [3.05, 3.63) is 89.1 Å². The Morgan fingerprint density at radius 2 is 1.45 bits per heavy atom. The number of aromatic nitrogens is 2. The molecule has 0 aliphatic heterocycles. The van der Waals surface area contributed by atoms with Crippen LogP contribution in [0.1, 0.15) is 36.2 Å². The maximum atomic E-state index is 10.2. The number of nitrogens with zero attached hydrogens (tertiary/aromatic N) is 2. The Hall–Kier alpha value is -3.53. The minimum Gasteiger partial charge on any atom is -0.507 e. The lowest BCUT2D eigenvalue weighted by Crippen LogP contribution is -2.21. The van der Waals surface area contributed by atoms with E-state index in [9.17, 15) is 5.11 Å². The minimum absolute atomic E-state index is 0.349. The van der Waals surface area contributed by atoms with Crippen LogP contribution in [0.5, 0.6) is 5.75 Å². The third-order valence-electron chi connectivity index (χ3n) is 6.32. The summed E-state index contributed by atoms with van der Waals surface area (Å²) in [5, 5.41) is 10.2. The van der Waals surface area contributed by atoms with Crippen molar-refractivity contribution in [3.8, 4) is 28.4 Å². The monoisotopic (exact) mass is 439 g/mol. The van der Waals surface area contributed by atoms with Crippen LogP contribution in [-0.2, 0) is 12.8 Å². The van der Waals surface area contributed by atoms with Gasteiger partial charge in [-0.2, -0.15) is 0 Å². The molecule has 1 heterocycles. The molecule has 0 atom stereocenters. The molecule has 0 unspecified atom stereocenters. The molecule has 0 aliphatic carbocycles. The van der Waals surface area contributed by atoms with Gasteiger partial charge in [0, 0.05) is 35.6 Å². The zero-order chi connectivity index (χ0) is 23.4. The van der Waals surface area contributed by atoms with Gasteiger partial charge in [0.2, 0.25) is 0 Å². The summed E-state index contributed by atoms with van der Waals surface area (Å²) in [5.74, 6) is 1.19. The van der Waals surface area contributed by atoms with Gasteiger partial charge in [0.1, 0.15) is 11.6 Å². The molecule has 0 saturated carbocycles. The zero-order valence-electron chi connectivity index (χ0n) is 20.0. The fourth-order valence-corrected chi connectivity index (χ4v) is 4.39. The van der Waals surface area contributed by atoms with Gasteiger partial charge in [0.15, 0.2) is 0 Å². The fourth-order valence-electron chi connectivity index (χ4n) is 4.39. The molecule has 0 fully saturated rings. The number of nitrogens with one attached hydrogen (secondary N) is 1. The standard InChI is InChI=1S/C29H33N3O/c1-5-32(6-2)25-15-13-23(14-16-25)27-26(17-12-22-10-8-7-9-11-22)30-29(31-27)24-18-20(3)28(33)21(4)19-24/h7-11,13-16,18-19,33H,5-6,12,17H2,1-4H3,(H,30,31). The average Bonchev–Trinajstić information content (AvgIpc) is 3.27. The normalized spacial score (nSPS) is 11.0. The van der Waals surface area contributed by atoms with Crippen molar-refractivity contribution in [3.63, 3.8) is 0 Å². The van der Waals surface area contributed by atoms with E-state index in [0.29, 0.717) is 5.75 Å². The van der Waals surface area contributed by atoms with E-state index in [1.165, 1.54) is 11.3 Å². The fraction of sp³-hybridized carbons (Fsp3) is 0.276. The zero-order valence-corrected chi connectivity index (χ0v) is 20.0. The van der Waals surface area contributed by atoms with Crippen molar-refractivity contribution in [1.82, 2.24) is 9.97 Å². The third-order valence-corrected chi connectivity index (χ3v) is 6.32. The van der Waals surface area contributed by atoms with Crippen LogP contribution in [0, 0.1) is 13.8 Å². The predicted molar refractivity (Wildman–Crippen MR) is 138 cm³/mol. The highest BCUT2D eigenvalue weighted by molar-refractivity contribution is 5.70. The number of aryl methyl sites for hydroxylation is 4. The number of benzene rings is 3. The van der Waals surface area contributed by atoms with Crippen LogP contribution < -0.4 is 4.90 Å². The van der Waals surface area contributed by atoms with Gasteiger partial charge < -0.3 is 15.0 Å². The van der Waals surface area contributed by atoms with Crippen molar-refractivity contribution in [1.29, 1.82) is 0 Å². The van der Waals surface area contributed by atoms with E-state index in [4.69, 9.17) is 4.98 Å². The van der Waals surface area contributed by atoms with Crippen molar-refractivity contribution in [2.24, 2.45) is 0 Å². The molecule has 1 aromatic heterocycles. The second-order valence-corrected chi connectivity index (χ2v) is 8.58. The summed E-state index contributed by atoms with van der Waals surface area (Å²) in [4.78, 5) is 11.0. The third kappa shape index (κ3) is 4.95. The minimum atomic E-state index is 0.349. The Morgan fingerprint density at radius 1 is 0.818 bits per heavy atom. The molecule has 4 nitrogen and oxygen atoms in total. The van der Waals surface area contributed by atoms with Crippen LogP contribution in [0.25, 0.3) is 22.6 Å². The molecular weight excluding hydrogens is 406 g/mol. The number of H-pyrrole nitrogens is 1. The molecule has 170 valence electrons. The van der Waals surface area contributed by atoms with Gasteiger partial charge in [0.05, 0.1) is 5.69 Å². The smallest absolute Gasteiger partial charge is 0.138 e. The molecule has 4 aromatic rings. The highest BCUT2D eigenvalue weighted by Gasteiger charge is 2.16. The lowest BCUT2D eigenvalue weighted by atomic mass is 10.0. The van der Waals surface area contributed by atoms with Crippen molar-refractivity contribution < 1.29 is 5.11 Å². The first-order valence-corrected chi connectivity index (χ1v) is 11.8. The number of hydrogen-bond acceptors (Lipinski definition) is 3. The molecule has 4 rings (SSSR count). The number of hydrogen-bond donors (Lipinski definition) is 2. The SMILES string of the molecule is CCN(CC)c1ccc(-c2nc(-c3cc(C)c(O)c(C)c3)[nH]c2CCc2ccccc2)cc1. The Bertz CT molecular complexity index is 1180. The van der Waals surface area contributed by atoms with E-state index in [-0.39, 0.29) is 0 Å². The van der Waals surface area contributed by atoms with Gasteiger partial charge in [-0.05, 0) is 81.5 Å². The molecular formula is C29H33N3O. The Balaban J connectivity index is 1.72. The summed E-state index contributed by atoms with van der Waals surface area (Å²) >= 11 is 0. The maximum Gasteiger partial charge on any atom is 0.138 e. The largest absolute Gasteiger partial charge is 0.507 e. The number of rotatable bonds is 8. The molecule has 0 aliphatic rings. The lowest BCUT2D eigenvalue weighted by molar-refractivity contribution is 0.467. The number of imidazole rings is 1. The van der Waals surface area contributed by atoms with Gasteiger partial charge in [-0.25, -0.2) is 4.98 Å². The van der Waals surface area contributed by atoms with Crippen molar-refractivity contribution >= 4 is 5.69 Å². The van der Waals surface area contributed by atoms with Crippen LogP contribution >= 0.6 is 0 Å². The molecule has 0 amide bonds. The van der Waals surface area contributed by atoms with E-state index in [0.717, 1.165) is 65.4 Å². The van der Waals surface area contributed by atoms with E-state index in [1.807, 2.05) is 26.0 Å². The summed E-state index contributed by atoms with van der Waals surface area (Å²) < 4.78 is 0. The molecule has 33 heavy (non-hydrogen) atoms. The number of anilines is 1. The van der Waals surface area contributed by atoms with Crippen LogP contribution in [0.15, 0.2) is 66.7 Å². The lowest BCUT2D eigenvalue weighted by Gasteiger charge is -2.21. The number of phenolic OH excluding ortho intramolecular Hbond substituents is 1. The van der Waals surface area contributed by atoms with Crippen LogP contribution in [0.3, 0.4) is 0 Å². The summed E-state index contributed by atoms with van der Waals surface area (Å²) in [7, 11) is 0. The van der Waals surface area contributed by atoms with Gasteiger partial charge >= 0.3 is 0 Å². The summed E-state index contributed by atoms with van der Waals surface area (Å²) in [6, 6.07) is 23.3. The summed E-state index contributed by atoms with van der Waals surface area (Å²) in [6.45, 7) is 10.2. The molecule has 0 bridgehead atoms. The first kappa shape index (κ1) is 22.7. The molecule has 2 N–H and O–H groups in total. The first-order chi connectivity index (χ1) is 16.0. The Morgan fingerprint density at radius 3 is 2.06 bits per heavy atom. The molecule has 3 aromatic carbocycles. The number of aromatic amines is 1. The van der Waals surface area contributed by atoms with Crippen LogP contribution in [0.2, 0.25) is 0 Å². The van der Waals surface area contributed by atoms with E-state index in [1.54, 1.807) is 0 Å². The van der Waals surface area contributed by atoms with Crippen molar-refractivity contribution in [2.75, 3.05) is 18.0 Å². The van der Waals surface area contributed by atoms with Gasteiger partial charge in [-0.15, -0.1) is 0 Å². The topological polar surface area (TPSA) is 52.1 Å². The summed E-state index contributed by atoms with van der Waals surface area (Å²) in [5.41, 5.74) is 8.50. The number of phenols is 1. The summed E-state index contributed by atoms with van der Waals surface area (Å²) in [6.07, 6.45) is 1.82. The highest BCUT2D eigenvalue weighted by atomic mass is 16.3. The van der Waals surface area contributed by atoms with Crippen LogP contribution in [0.4, 0.5) is 5.69 Å². The average molecular weight is 440 g/mol. The van der Waals surface area contributed by atoms with Crippen LogP contribution in [-0.4, -0.2) is 28.2 Å². The highest BCUT2D eigenvalue weighted by Crippen LogP contribution is 2.32. The first-order valence-electron chi connectivity index (χ1n) is 11.8. The Labute approximate surface area is 197 Å². The molecule has 4 heteroatoms. The Kier molecular flexibility index (Phi) is 6.83.